The van der Waals surface area contributed by atoms with E-state index in [0.717, 1.165) is 11.3 Å². The van der Waals surface area contributed by atoms with Gasteiger partial charge < -0.3 is 4.90 Å². The number of benzene rings is 1. The Morgan fingerprint density at radius 1 is 1.38 bits per heavy atom. The molecule has 1 aliphatic rings. The van der Waals surface area contributed by atoms with Crippen molar-refractivity contribution in [1.29, 1.82) is 5.26 Å². The van der Waals surface area contributed by atoms with Crippen LogP contribution in [0, 0.1) is 11.3 Å². The van der Waals surface area contributed by atoms with Crippen LogP contribution in [0.3, 0.4) is 0 Å². The Bertz CT molecular complexity index is 602. The Labute approximate surface area is 129 Å². The van der Waals surface area contributed by atoms with Gasteiger partial charge >= 0.3 is 0 Å². The number of thioether (sulfide) groups is 1. The van der Waals surface area contributed by atoms with E-state index in [1.807, 2.05) is 38.1 Å². The van der Waals surface area contributed by atoms with Crippen molar-refractivity contribution in [3.63, 3.8) is 0 Å². The first-order valence-electron chi connectivity index (χ1n) is 6.83. The highest BCUT2D eigenvalue weighted by atomic mass is 32.2. The molecule has 0 aromatic heterocycles. The lowest BCUT2D eigenvalue weighted by molar-refractivity contribution is -0.117. The summed E-state index contributed by atoms with van der Waals surface area (Å²) in [6.45, 7) is 5.81. The van der Waals surface area contributed by atoms with Crippen molar-refractivity contribution in [2.75, 3.05) is 11.4 Å². The fraction of sp³-hybridized carbons (Fsp3) is 0.438. The number of amides is 1. The van der Waals surface area contributed by atoms with Gasteiger partial charge in [0, 0.05) is 30.8 Å². The summed E-state index contributed by atoms with van der Waals surface area (Å²) >= 11 is 1.23. The van der Waals surface area contributed by atoms with E-state index >= 15 is 0 Å². The first kappa shape index (κ1) is 15.6. The molecule has 0 aliphatic carbocycles. The van der Waals surface area contributed by atoms with Crippen LogP contribution in [-0.2, 0) is 15.0 Å². The van der Waals surface area contributed by atoms with E-state index in [1.165, 1.54) is 18.7 Å². The number of carbonyl (C=O) groups excluding carboxylic acids is 2. The molecule has 1 saturated heterocycles. The van der Waals surface area contributed by atoms with Gasteiger partial charge in [0.25, 0.3) is 0 Å². The van der Waals surface area contributed by atoms with E-state index in [1.54, 1.807) is 4.90 Å². The van der Waals surface area contributed by atoms with Gasteiger partial charge in [0.2, 0.25) is 5.91 Å². The minimum Gasteiger partial charge on any atom is -0.311 e. The number of rotatable bonds is 3. The zero-order chi connectivity index (χ0) is 15.6. The lowest BCUT2D eigenvalue weighted by atomic mass is 9.86. The molecule has 5 heteroatoms. The minimum atomic E-state index is -0.541. The highest BCUT2D eigenvalue weighted by molar-refractivity contribution is 8.14. The molecular weight excluding hydrogens is 284 g/mol. The van der Waals surface area contributed by atoms with Crippen LogP contribution in [0.4, 0.5) is 5.69 Å². The SMILES string of the molecule is CC(=O)SC1CC(=O)N(c2ccc(C(C)(C)C#N)cc2)C1. The molecule has 1 aromatic carbocycles. The van der Waals surface area contributed by atoms with Crippen LogP contribution in [-0.4, -0.2) is 22.8 Å². The van der Waals surface area contributed by atoms with E-state index in [2.05, 4.69) is 6.07 Å². The minimum absolute atomic E-state index is 0.0326. The van der Waals surface area contributed by atoms with Crippen LogP contribution >= 0.6 is 11.8 Å². The van der Waals surface area contributed by atoms with Gasteiger partial charge in [-0.2, -0.15) is 5.26 Å². The smallest absolute Gasteiger partial charge is 0.228 e. The Hall–Kier alpha value is -1.80. The summed E-state index contributed by atoms with van der Waals surface area (Å²) in [6, 6.07) is 9.77. The Morgan fingerprint density at radius 2 is 2.00 bits per heavy atom. The normalized spacial score (nSPS) is 18.7. The topological polar surface area (TPSA) is 61.2 Å². The van der Waals surface area contributed by atoms with Crippen molar-refractivity contribution in [2.24, 2.45) is 0 Å². The maximum absolute atomic E-state index is 12.1. The monoisotopic (exact) mass is 302 g/mol. The molecule has 110 valence electrons. The summed E-state index contributed by atoms with van der Waals surface area (Å²) in [5.74, 6) is 0.0426. The molecule has 1 amide bonds. The van der Waals surface area contributed by atoms with Gasteiger partial charge in [-0.1, -0.05) is 23.9 Å². The zero-order valence-corrected chi connectivity index (χ0v) is 13.2. The molecule has 0 bridgehead atoms. The van der Waals surface area contributed by atoms with Crippen LogP contribution in [0.15, 0.2) is 24.3 Å². The second-order valence-corrected chi connectivity index (χ2v) is 7.20. The molecule has 1 fully saturated rings. The van der Waals surface area contributed by atoms with Gasteiger partial charge in [-0.3, -0.25) is 9.59 Å². The number of carbonyl (C=O) groups is 2. The van der Waals surface area contributed by atoms with Crippen molar-refractivity contribution in [3.8, 4) is 6.07 Å². The third-order valence-electron chi connectivity index (χ3n) is 3.60. The molecule has 1 heterocycles. The molecule has 1 aromatic rings. The van der Waals surface area contributed by atoms with Crippen LogP contribution in [0.5, 0.6) is 0 Å². The molecule has 0 radical (unpaired) electrons. The second kappa shape index (κ2) is 5.90. The number of hydrogen-bond acceptors (Lipinski definition) is 4. The first-order chi connectivity index (χ1) is 9.83. The van der Waals surface area contributed by atoms with Crippen molar-refractivity contribution in [2.45, 2.75) is 37.9 Å². The summed E-state index contributed by atoms with van der Waals surface area (Å²) in [7, 11) is 0. The molecule has 1 aliphatic heterocycles. The maximum atomic E-state index is 12.1. The van der Waals surface area contributed by atoms with Gasteiger partial charge in [-0.15, -0.1) is 0 Å². The molecule has 4 nitrogen and oxygen atoms in total. The van der Waals surface area contributed by atoms with Crippen LogP contribution in [0.1, 0.15) is 32.8 Å². The fourth-order valence-electron chi connectivity index (χ4n) is 2.36. The highest BCUT2D eigenvalue weighted by Gasteiger charge is 2.32. The Balaban J connectivity index is 2.15. The quantitative estimate of drug-likeness (QED) is 0.861. The van der Waals surface area contributed by atoms with Gasteiger partial charge in [0.1, 0.15) is 0 Å². The van der Waals surface area contributed by atoms with Crippen molar-refractivity contribution >= 4 is 28.5 Å². The lowest BCUT2D eigenvalue weighted by Crippen LogP contribution is -2.25. The third-order valence-corrected chi connectivity index (χ3v) is 4.58. The van der Waals surface area contributed by atoms with Gasteiger partial charge in [0.15, 0.2) is 5.12 Å². The lowest BCUT2D eigenvalue weighted by Gasteiger charge is -2.20. The van der Waals surface area contributed by atoms with Crippen molar-refractivity contribution in [3.05, 3.63) is 29.8 Å². The van der Waals surface area contributed by atoms with E-state index < -0.39 is 5.41 Å². The summed E-state index contributed by atoms with van der Waals surface area (Å²) < 4.78 is 0. The molecule has 1 atom stereocenters. The fourth-order valence-corrected chi connectivity index (χ4v) is 3.28. The van der Waals surface area contributed by atoms with E-state index in [0.29, 0.717) is 13.0 Å². The Kier molecular flexibility index (Phi) is 4.38. The standard InChI is InChI=1S/C16H18N2O2S/c1-11(19)21-14-8-15(20)18(9-14)13-6-4-12(5-7-13)16(2,3)10-17/h4-7,14H,8-9H2,1-3H3. The molecule has 0 spiro atoms. The summed E-state index contributed by atoms with van der Waals surface area (Å²) in [5, 5.41) is 9.21. The number of nitriles is 1. The van der Waals surface area contributed by atoms with Crippen LogP contribution < -0.4 is 4.90 Å². The van der Waals surface area contributed by atoms with E-state index in [9.17, 15) is 9.59 Å². The largest absolute Gasteiger partial charge is 0.311 e. The summed E-state index contributed by atoms with van der Waals surface area (Å²) in [5.41, 5.74) is 1.21. The first-order valence-corrected chi connectivity index (χ1v) is 7.71. The number of nitrogens with zero attached hydrogens (tertiary/aromatic N) is 2. The average molecular weight is 302 g/mol. The van der Waals surface area contributed by atoms with Gasteiger partial charge in [-0.25, -0.2) is 0 Å². The molecule has 2 rings (SSSR count). The maximum Gasteiger partial charge on any atom is 0.228 e. The predicted molar refractivity (Wildman–Crippen MR) is 84.1 cm³/mol. The second-order valence-electron chi connectivity index (χ2n) is 5.72. The molecule has 0 N–H and O–H groups in total. The van der Waals surface area contributed by atoms with Crippen LogP contribution in [0.25, 0.3) is 0 Å². The van der Waals surface area contributed by atoms with Crippen molar-refractivity contribution < 1.29 is 9.59 Å². The molecule has 0 saturated carbocycles. The number of hydrogen-bond donors (Lipinski definition) is 0. The van der Waals surface area contributed by atoms with E-state index in [-0.39, 0.29) is 16.3 Å². The van der Waals surface area contributed by atoms with Gasteiger partial charge in [-0.05, 0) is 31.5 Å². The number of anilines is 1. The van der Waals surface area contributed by atoms with Crippen molar-refractivity contribution in [1.82, 2.24) is 0 Å². The molecule has 1 unspecified atom stereocenters. The summed E-state index contributed by atoms with van der Waals surface area (Å²) in [4.78, 5) is 24.9. The van der Waals surface area contributed by atoms with E-state index in [4.69, 9.17) is 5.26 Å². The molecule has 21 heavy (non-hydrogen) atoms. The predicted octanol–water partition coefficient (Wildman–Crippen LogP) is 2.87. The average Bonchev–Trinajstić information content (AvgIpc) is 2.79. The zero-order valence-electron chi connectivity index (χ0n) is 12.4. The summed E-state index contributed by atoms with van der Waals surface area (Å²) in [6.07, 6.45) is 0.398. The van der Waals surface area contributed by atoms with Gasteiger partial charge in [0.05, 0.1) is 11.5 Å². The Morgan fingerprint density at radius 3 is 2.52 bits per heavy atom. The highest BCUT2D eigenvalue weighted by Crippen LogP contribution is 2.30. The van der Waals surface area contributed by atoms with Crippen LogP contribution in [0.2, 0.25) is 0 Å². The molecular formula is C16H18N2O2S. The third kappa shape index (κ3) is 3.45.